The summed E-state index contributed by atoms with van der Waals surface area (Å²) in [6.45, 7) is 1.91. The lowest BCUT2D eigenvalue weighted by Crippen LogP contribution is -2.32. The van der Waals surface area contributed by atoms with Crippen LogP contribution < -0.4 is 5.32 Å². The van der Waals surface area contributed by atoms with E-state index in [2.05, 4.69) is 75.3 Å². The van der Waals surface area contributed by atoms with Crippen LogP contribution in [0.25, 0.3) is 10.9 Å². The first-order chi connectivity index (χ1) is 20.0. The van der Waals surface area contributed by atoms with Crippen LogP contribution in [0.2, 0.25) is 10.0 Å². The van der Waals surface area contributed by atoms with E-state index in [4.69, 9.17) is 28.2 Å². The van der Waals surface area contributed by atoms with Gasteiger partial charge in [-0.25, -0.2) is 0 Å². The number of hydrogen-bond donors (Lipinski definition) is 1. The van der Waals surface area contributed by atoms with Crippen molar-refractivity contribution in [3.05, 3.63) is 129 Å². The van der Waals surface area contributed by atoms with E-state index in [1.54, 1.807) is 0 Å². The normalized spacial score (nSPS) is 14.8. The molecule has 1 aliphatic rings. The summed E-state index contributed by atoms with van der Waals surface area (Å²) in [5.41, 5.74) is 7.45. The maximum Gasteiger partial charge on any atom is 0.254 e. The molecule has 208 valence electrons. The number of pyridine rings is 2. The van der Waals surface area contributed by atoms with Crippen LogP contribution in [0.3, 0.4) is 0 Å². The third-order valence-electron chi connectivity index (χ3n) is 7.93. The van der Waals surface area contributed by atoms with Gasteiger partial charge in [0.25, 0.3) is 5.91 Å². The molecule has 8 heteroatoms. The maximum absolute atomic E-state index is 12.8. The van der Waals surface area contributed by atoms with Crippen molar-refractivity contribution < 1.29 is 4.79 Å². The molecular weight excluding hydrogens is 553 g/mol. The number of aromatic nitrogens is 3. The highest BCUT2D eigenvalue weighted by Crippen LogP contribution is 2.35. The second-order valence-corrected chi connectivity index (χ2v) is 11.4. The summed E-state index contributed by atoms with van der Waals surface area (Å²) in [5.74, 6) is -0.324. The number of hydrogen-bond acceptors (Lipinski definition) is 4. The minimum Gasteiger partial charge on any atom is -0.348 e. The molecular formula is C33H31Cl2N5O. The number of rotatable bonds is 8. The third-order valence-corrected chi connectivity index (χ3v) is 8.51. The van der Waals surface area contributed by atoms with E-state index in [1.165, 1.54) is 45.8 Å². The van der Waals surface area contributed by atoms with Crippen molar-refractivity contribution in [1.82, 2.24) is 24.8 Å². The predicted molar refractivity (Wildman–Crippen MR) is 164 cm³/mol. The van der Waals surface area contributed by atoms with Crippen LogP contribution in [-0.2, 0) is 33.1 Å². The van der Waals surface area contributed by atoms with Gasteiger partial charge in [-0.2, -0.15) is 0 Å². The van der Waals surface area contributed by atoms with Gasteiger partial charge in [0.05, 0.1) is 27.3 Å². The first kappa shape index (κ1) is 27.5. The van der Waals surface area contributed by atoms with Gasteiger partial charge in [-0.3, -0.25) is 19.7 Å². The zero-order valence-electron chi connectivity index (χ0n) is 22.9. The standard InChI is InChI=1S/C33H31Cl2N5O/c1-39-26(16-25-9-2-3-12-29(25)39)21-40(30-13-5-10-24-11-6-14-37-32(24)30)20-23-8-4-7-22(15-23)17-38-33(41)31-27(34)18-36-19-28(31)35/h2-4,6-9,11-12,14-16,18-19,30H,5,10,13,17,20-21H2,1H3,(H,38,41). The molecule has 6 rings (SSSR count). The summed E-state index contributed by atoms with van der Waals surface area (Å²) in [6.07, 6.45) is 8.04. The Balaban J connectivity index is 1.26. The van der Waals surface area contributed by atoms with Gasteiger partial charge in [0.2, 0.25) is 0 Å². The molecule has 41 heavy (non-hydrogen) atoms. The molecule has 6 nitrogen and oxygen atoms in total. The van der Waals surface area contributed by atoms with Crippen LogP contribution in [-0.4, -0.2) is 25.3 Å². The first-order valence-electron chi connectivity index (χ1n) is 13.8. The predicted octanol–water partition coefficient (Wildman–Crippen LogP) is 7.28. The number of fused-ring (bicyclic) bond motifs is 2. The molecule has 1 N–H and O–H groups in total. The van der Waals surface area contributed by atoms with Gasteiger partial charge in [-0.05, 0) is 59.5 Å². The van der Waals surface area contributed by atoms with E-state index >= 15 is 0 Å². The molecule has 1 atom stereocenters. The van der Waals surface area contributed by atoms with E-state index in [0.717, 1.165) is 37.9 Å². The fraction of sp³-hybridized carbons (Fsp3) is 0.242. The Hall–Kier alpha value is -3.71. The Morgan fingerprint density at radius 3 is 2.63 bits per heavy atom. The van der Waals surface area contributed by atoms with Crippen molar-refractivity contribution in [2.24, 2.45) is 7.05 Å². The second kappa shape index (κ2) is 12.0. The number of halogens is 2. The number of aryl methyl sites for hydroxylation is 2. The van der Waals surface area contributed by atoms with Crippen molar-refractivity contribution in [1.29, 1.82) is 0 Å². The van der Waals surface area contributed by atoms with Gasteiger partial charge in [0.15, 0.2) is 0 Å². The smallest absolute Gasteiger partial charge is 0.254 e. The number of carbonyl (C=O) groups excluding carboxylic acids is 1. The number of carbonyl (C=O) groups is 1. The zero-order chi connectivity index (χ0) is 28.3. The van der Waals surface area contributed by atoms with Gasteiger partial charge < -0.3 is 9.88 Å². The van der Waals surface area contributed by atoms with Crippen LogP contribution in [0, 0.1) is 0 Å². The quantitative estimate of drug-likeness (QED) is 0.208. The molecule has 0 aliphatic heterocycles. The number of nitrogens with zero attached hydrogens (tertiary/aromatic N) is 4. The van der Waals surface area contributed by atoms with Gasteiger partial charge >= 0.3 is 0 Å². The van der Waals surface area contributed by atoms with Crippen molar-refractivity contribution >= 4 is 40.0 Å². The van der Waals surface area contributed by atoms with Gasteiger partial charge in [-0.1, -0.05) is 71.7 Å². The van der Waals surface area contributed by atoms with Crippen LogP contribution in [0.15, 0.2) is 85.3 Å². The Morgan fingerprint density at radius 1 is 1.00 bits per heavy atom. The average Bonchev–Trinajstić information content (AvgIpc) is 3.30. The lowest BCUT2D eigenvalue weighted by atomic mass is 9.90. The molecule has 1 unspecified atom stereocenters. The van der Waals surface area contributed by atoms with Crippen LogP contribution in [0.4, 0.5) is 0 Å². The Labute approximate surface area is 249 Å². The first-order valence-corrected chi connectivity index (χ1v) is 14.6. The van der Waals surface area contributed by atoms with E-state index in [9.17, 15) is 4.79 Å². The highest BCUT2D eigenvalue weighted by molar-refractivity contribution is 6.39. The Kier molecular flexibility index (Phi) is 8.06. The molecule has 0 saturated carbocycles. The van der Waals surface area contributed by atoms with E-state index in [1.807, 2.05) is 24.4 Å². The molecule has 0 bridgehead atoms. The second-order valence-electron chi connectivity index (χ2n) is 10.6. The number of amides is 1. The number of benzene rings is 2. The zero-order valence-corrected chi connectivity index (χ0v) is 24.4. The molecule has 0 radical (unpaired) electrons. The van der Waals surface area contributed by atoms with Gasteiger partial charge in [0, 0.05) is 56.5 Å². The molecule has 1 aliphatic carbocycles. The monoisotopic (exact) mass is 583 g/mol. The summed E-state index contributed by atoms with van der Waals surface area (Å²) in [4.78, 5) is 24.2. The van der Waals surface area contributed by atoms with E-state index < -0.39 is 0 Å². The summed E-state index contributed by atoms with van der Waals surface area (Å²) < 4.78 is 2.30. The molecule has 0 fully saturated rings. The molecule has 5 aromatic rings. The van der Waals surface area contributed by atoms with Crippen molar-refractivity contribution in [2.45, 2.75) is 44.9 Å². The van der Waals surface area contributed by atoms with E-state index in [-0.39, 0.29) is 27.6 Å². The highest BCUT2D eigenvalue weighted by atomic mass is 35.5. The molecule has 3 aromatic heterocycles. The van der Waals surface area contributed by atoms with Gasteiger partial charge in [-0.15, -0.1) is 0 Å². The lowest BCUT2D eigenvalue weighted by molar-refractivity contribution is 0.0951. The topological polar surface area (TPSA) is 63.0 Å². The Morgan fingerprint density at radius 2 is 1.80 bits per heavy atom. The largest absolute Gasteiger partial charge is 0.348 e. The maximum atomic E-state index is 12.8. The van der Waals surface area contributed by atoms with Crippen LogP contribution >= 0.6 is 23.2 Å². The van der Waals surface area contributed by atoms with Crippen molar-refractivity contribution in [3.63, 3.8) is 0 Å². The third kappa shape index (κ3) is 5.87. The fourth-order valence-electron chi connectivity index (χ4n) is 5.89. The number of nitrogens with one attached hydrogen (secondary N) is 1. The summed E-state index contributed by atoms with van der Waals surface area (Å²) in [6, 6.07) is 23.7. The molecule has 0 spiro atoms. The average molecular weight is 585 g/mol. The lowest BCUT2D eigenvalue weighted by Gasteiger charge is -2.35. The molecule has 1 amide bonds. The summed E-state index contributed by atoms with van der Waals surface area (Å²) >= 11 is 12.4. The SMILES string of the molecule is Cn1c(CN(Cc2cccc(CNC(=O)c3c(Cl)cncc3Cl)c2)C2CCCc3cccnc32)cc2ccccc21. The highest BCUT2D eigenvalue weighted by Gasteiger charge is 2.28. The minimum absolute atomic E-state index is 0.220. The molecule has 0 saturated heterocycles. The molecule has 3 heterocycles. The van der Waals surface area contributed by atoms with Crippen molar-refractivity contribution in [3.8, 4) is 0 Å². The molecule has 2 aromatic carbocycles. The fourth-order valence-corrected chi connectivity index (χ4v) is 6.43. The van der Waals surface area contributed by atoms with Crippen LogP contribution in [0.5, 0.6) is 0 Å². The minimum atomic E-state index is -0.324. The number of para-hydroxylation sites is 1. The summed E-state index contributed by atoms with van der Waals surface area (Å²) in [7, 11) is 2.15. The Bertz CT molecular complexity index is 1700. The van der Waals surface area contributed by atoms with Crippen molar-refractivity contribution in [2.75, 3.05) is 0 Å². The summed E-state index contributed by atoms with van der Waals surface area (Å²) in [5, 5.41) is 4.66. The van der Waals surface area contributed by atoms with E-state index in [0.29, 0.717) is 6.54 Å². The van der Waals surface area contributed by atoms with Crippen LogP contribution in [0.1, 0.15) is 57.3 Å². The van der Waals surface area contributed by atoms with Gasteiger partial charge in [0.1, 0.15) is 0 Å².